The molecule has 1 atom stereocenters. The largest absolute Gasteiger partial charge is 0.349 e. The average molecular weight is 371 g/mol. The number of carbonyl (C=O) groups excluding carboxylic acids is 1. The summed E-state index contributed by atoms with van der Waals surface area (Å²) in [4.78, 5) is 37.7. The molecule has 2 aromatic heterocycles. The highest BCUT2D eigenvalue weighted by atomic mass is 32.1. The van der Waals surface area contributed by atoms with E-state index in [1.807, 2.05) is 25.1 Å². The fourth-order valence-electron chi connectivity index (χ4n) is 2.87. The third-order valence-corrected chi connectivity index (χ3v) is 5.65. The van der Waals surface area contributed by atoms with Crippen LogP contribution in [0.1, 0.15) is 28.6 Å². The van der Waals surface area contributed by atoms with Gasteiger partial charge in [0.2, 0.25) is 0 Å². The highest BCUT2D eigenvalue weighted by Gasteiger charge is 2.17. The standard InChI is InChI=1S/C19H21N3O3S/c1-12(9-10-13-7-5-4-6-8-13)20-16(23)15-11-14-17(24)21(2)19(25)22(3)18(14)26-15/h4-8,11-12H,9-10H2,1-3H3,(H,20,23). The van der Waals surface area contributed by atoms with Gasteiger partial charge in [-0.15, -0.1) is 11.3 Å². The first-order valence-corrected chi connectivity index (χ1v) is 9.24. The van der Waals surface area contributed by atoms with Crippen LogP contribution in [-0.2, 0) is 20.5 Å². The van der Waals surface area contributed by atoms with E-state index in [1.54, 1.807) is 13.1 Å². The minimum Gasteiger partial charge on any atom is -0.349 e. The lowest BCUT2D eigenvalue weighted by Crippen LogP contribution is -2.36. The number of benzene rings is 1. The smallest absolute Gasteiger partial charge is 0.331 e. The van der Waals surface area contributed by atoms with Gasteiger partial charge >= 0.3 is 5.69 Å². The van der Waals surface area contributed by atoms with E-state index in [4.69, 9.17) is 0 Å². The van der Waals surface area contributed by atoms with Gasteiger partial charge in [-0.2, -0.15) is 0 Å². The summed E-state index contributed by atoms with van der Waals surface area (Å²) in [6, 6.07) is 11.7. The van der Waals surface area contributed by atoms with Crippen molar-refractivity contribution < 1.29 is 4.79 Å². The molecule has 136 valence electrons. The first-order chi connectivity index (χ1) is 12.4. The number of hydrogen-bond acceptors (Lipinski definition) is 4. The molecule has 0 aliphatic carbocycles. The molecule has 6 nitrogen and oxygen atoms in total. The Labute approximate surface area is 154 Å². The zero-order valence-corrected chi connectivity index (χ0v) is 15.8. The maximum atomic E-state index is 12.5. The topological polar surface area (TPSA) is 73.1 Å². The SMILES string of the molecule is CC(CCc1ccccc1)NC(=O)c1cc2c(=O)n(C)c(=O)n(C)c2s1. The fourth-order valence-corrected chi connectivity index (χ4v) is 3.88. The van der Waals surface area contributed by atoms with Crippen LogP contribution in [0.15, 0.2) is 46.0 Å². The van der Waals surface area contributed by atoms with E-state index < -0.39 is 5.69 Å². The Morgan fingerprint density at radius 2 is 1.85 bits per heavy atom. The summed E-state index contributed by atoms with van der Waals surface area (Å²) < 4.78 is 2.45. The van der Waals surface area contributed by atoms with Gasteiger partial charge in [-0.1, -0.05) is 30.3 Å². The Balaban J connectivity index is 1.76. The zero-order valence-electron chi connectivity index (χ0n) is 15.0. The van der Waals surface area contributed by atoms with Crippen LogP contribution in [0.5, 0.6) is 0 Å². The number of amides is 1. The zero-order chi connectivity index (χ0) is 18.8. The van der Waals surface area contributed by atoms with Crippen LogP contribution < -0.4 is 16.6 Å². The molecular formula is C19H21N3O3S. The van der Waals surface area contributed by atoms with Gasteiger partial charge in [0.1, 0.15) is 4.83 Å². The van der Waals surface area contributed by atoms with Crippen LogP contribution in [0.4, 0.5) is 0 Å². The minimum absolute atomic E-state index is 0.000397. The van der Waals surface area contributed by atoms with Gasteiger partial charge < -0.3 is 5.32 Å². The molecule has 0 fully saturated rings. The minimum atomic E-state index is -0.396. The lowest BCUT2D eigenvalue weighted by atomic mass is 10.1. The van der Waals surface area contributed by atoms with Gasteiger partial charge in [-0.3, -0.25) is 18.7 Å². The Morgan fingerprint density at radius 1 is 1.15 bits per heavy atom. The van der Waals surface area contributed by atoms with Gasteiger partial charge in [0.05, 0.1) is 10.3 Å². The predicted octanol–water partition coefficient (Wildman–Crippen LogP) is 2.05. The molecule has 0 spiro atoms. The van der Waals surface area contributed by atoms with Gasteiger partial charge in [-0.25, -0.2) is 4.79 Å². The molecule has 0 saturated heterocycles. The van der Waals surface area contributed by atoms with Crippen LogP contribution >= 0.6 is 11.3 Å². The number of carbonyl (C=O) groups is 1. The summed E-state index contributed by atoms with van der Waals surface area (Å²) in [5.41, 5.74) is 0.456. The van der Waals surface area contributed by atoms with Crippen LogP contribution in [-0.4, -0.2) is 21.1 Å². The highest BCUT2D eigenvalue weighted by molar-refractivity contribution is 7.20. The first-order valence-electron chi connectivity index (χ1n) is 8.43. The summed E-state index contributed by atoms with van der Waals surface area (Å²) in [5, 5.41) is 3.36. The molecule has 3 rings (SSSR count). The molecule has 2 heterocycles. The van der Waals surface area contributed by atoms with E-state index in [-0.39, 0.29) is 17.5 Å². The van der Waals surface area contributed by atoms with Crippen LogP contribution in [0, 0.1) is 0 Å². The molecule has 26 heavy (non-hydrogen) atoms. The molecule has 1 amide bonds. The summed E-state index contributed by atoms with van der Waals surface area (Å²) in [6.07, 6.45) is 1.70. The van der Waals surface area contributed by atoms with Crippen LogP contribution in [0.25, 0.3) is 10.2 Å². The second kappa shape index (κ2) is 7.29. The van der Waals surface area contributed by atoms with Crippen molar-refractivity contribution >= 4 is 27.5 Å². The number of rotatable bonds is 5. The van der Waals surface area contributed by atoms with Crippen molar-refractivity contribution in [2.45, 2.75) is 25.8 Å². The number of aryl methyl sites for hydroxylation is 2. The second-order valence-corrected chi connectivity index (χ2v) is 7.46. The molecular weight excluding hydrogens is 350 g/mol. The number of nitrogens with one attached hydrogen (secondary N) is 1. The van der Waals surface area contributed by atoms with Crippen LogP contribution in [0.3, 0.4) is 0 Å². The van der Waals surface area contributed by atoms with Crippen molar-refractivity contribution in [3.05, 3.63) is 67.7 Å². The summed E-state index contributed by atoms with van der Waals surface area (Å²) >= 11 is 1.16. The number of aromatic nitrogens is 2. The molecule has 0 bridgehead atoms. The number of hydrogen-bond donors (Lipinski definition) is 1. The molecule has 0 aliphatic heterocycles. The van der Waals surface area contributed by atoms with Crippen molar-refractivity contribution in [3.63, 3.8) is 0 Å². The maximum Gasteiger partial charge on any atom is 0.331 e. The van der Waals surface area contributed by atoms with E-state index in [1.165, 1.54) is 17.2 Å². The molecule has 0 radical (unpaired) electrons. The third-order valence-electron chi connectivity index (χ3n) is 4.44. The van der Waals surface area contributed by atoms with E-state index in [0.717, 1.165) is 28.7 Å². The van der Waals surface area contributed by atoms with E-state index in [9.17, 15) is 14.4 Å². The molecule has 1 aromatic carbocycles. The first kappa shape index (κ1) is 18.1. The summed E-state index contributed by atoms with van der Waals surface area (Å²) in [6.45, 7) is 1.96. The number of nitrogens with zero attached hydrogens (tertiary/aromatic N) is 2. The molecule has 1 N–H and O–H groups in total. The maximum absolute atomic E-state index is 12.5. The molecule has 0 aliphatic rings. The van der Waals surface area contributed by atoms with Gasteiger partial charge in [0.25, 0.3) is 11.5 Å². The molecule has 1 unspecified atom stereocenters. The Hall–Kier alpha value is -2.67. The lowest BCUT2D eigenvalue weighted by Gasteiger charge is -2.13. The predicted molar refractivity (Wildman–Crippen MR) is 104 cm³/mol. The lowest BCUT2D eigenvalue weighted by molar-refractivity contribution is 0.0942. The van der Waals surface area contributed by atoms with Crippen molar-refractivity contribution in [3.8, 4) is 0 Å². The Bertz CT molecular complexity index is 1060. The Kier molecular flexibility index (Phi) is 5.08. The van der Waals surface area contributed by atoms with Crippen molar-refractivity contribution in [2.24, 2.45) is 14.1 Å². The van der Waals surface area contributed by atoms with Gasteiger partial charge in [-0.05, 0) is 31.4 Å². The third kappa shape index (κ3) is 3.48. The van der Waals surface area contributed by atoms with E-state index >= 15 is 0 Å². The van der Waals surface area contributed by atoms with E-state index in [0.29, 0.717) is 15.1 Å². The fraction of sp³-hybridized carbons (Fsp3) is 0.316. The number of thiophene rings is 1. The summed E-state index contributed by atoms with van der Waals surface area (Å²) in [7, 11) is 3.04. The van der Waals surface area contributed by atoms with Crippen molar-refractivity contribution in [2.75, 3.05) is 0 Å². The summed E-state index contributed by atoms with van der Waals surface area (Å²) in [5.74, 6) is -0.221. The van der Waals surface area contributed by atoms with Crippen molar-refractivity contribution in [1.29, 1.82) is 0 Å². The Morgan fingerprint density at radius 3 is 2.54 bits per heavy atom. The van der Waals surface area contributed by atoms with Crippen LogP contribution in [0.2, 0.25) is 0 Å². The normalized spacial score (nSPS) is 12.3. The highest BCUT2D eigenvalue weighted by Crippen LogP contribution is 2.21. The molecule has 3 aromatic rings. The quantitative estimate of drug-likeness (QED) is 0.746. The monoisotopic (exact) mass is 371 g/mol. The number of fused-ring (bicyclic) bond motifs is 1. The van der Waals surface area contributed by atoms with Gasteiger partial charge in [0.15, 0.2) is 0 Å². The van der Waals surface area contributed by atoms with Crippen molar-refractivity contribution in [1.82, 2.24) is 14.5 Å². The van der Waals surface area contributed by atoms with Gasteiger partial charge in [0, 0.05) is 20.1 Å². The second-order valence-electron chi connectivity index (χ2n) is 6.43. The average Bonchev–Trinajstić information content (AvgIpc) is 3.09. The molecule has 7 heteroatoms. The van der Waals surface area contributed by atoms with E-state index in [2.05, 4.69) is 17.4 Å². The molecule has 0 saturated carbocycles.